The smallest absolute Gasteiger partial charge is 0.229 e. The minimum Gasteiger partial charge on any atom is -0.508 e. The van der Waals surface area contributed by atoms with Gasteiger partial charge in [-0.1, -0.05) is 12.1 Å². The van der Waals surface area contributed by atoms with E-state index >= 15 is 0 Å². The van der Waals surface area contributed by atoms with E-state index in [1.807, 2.05) is 0 Å². The van der Waals surface area contributed by atoms with Crippen molar-refractivity contribution < 1.29 is 44.8 Å². The van der Waals surface area contributed by atoms with Crippen molar-refractivity contribution in [3.63, 3.8) is 0 Å². The monoisotopic (exact) mass is 418 g/mol. The summed E-state index contributed by atoms with van der Waals surface area (Å²) in [5, 5.41) is 58.6. The predicted octanol–water partition coefficient (Wildman–Crippen LogP) is 0.252. The van der Waals surface area contributed by atoms with Gasteiger partial charge in [-0.2, -0.15) is 0 Å². The summed E-state index contributed by atoms with van der Waals surface area (Å²) >= 11 is 0. The van der Waals surface area contributed by atoms with Crippen molar-refractivity contribution >= 4 is 5.57 Å². The van der Waals surface area contributed by atoms with Crippen LogP contribution in [0.5, 0.6) is 23.0 Å². The van der Waals surface area contributed by atoms with E-state index in [4.69, 9.17) is 14.2 Å². The molecule has 0 aromatic heterocycles. The summed E-state index contributed by atoms with van der Waals surface area (Å²) in [4.78, 5) is 0. The molecule has 1 saturated heterocycles. The first-order valence-electron chi connectivity index (χ1n) is 9.35. The van der Waals surface area contributed by atoms with Gasteiger partial charge in [-0.05, 0) is 23.3 Å². The zero-order valence-electron chi connectivity index (χ0n) is 15.8. The molecule has 0 saturated carbocycles. The lowest BCUT2D eigenvalue weighted by Crippen LogP contribution is -2.60. The van der Waals surface area contributed by atoms with Gasteiger partial charge in [0.1, 0.15) is 47.4 Å². The number of allylic oxidation sites excluding steroid dienone is 1. The second kappa shape index (κ2) is 8.13. The zero-order valence-corrected chi connectivity index (χ0v) is 15.8. The first-order valence-corrected chi connectivity index (χ1v) is 9.35. The number of aromatic hydroxyl groups is 2. The third kappa shape index (κ3) is 3.81. The molecule has 0 spiro atoms. The Balaban J connectivity index is 1.47. The average molecular weight is 418 g/mol. The highest BCUT2D eigenvalue weighted by Crippen LogP contribution is 2.39. The first kappa shape index (κ1) is 20.5. The van der Waals surface area contributed by atoms with Gasteiger partial charge in [0.05, 0.1) is 12.9 Å². The molecule has 2 aliphatic heterocycles. The van der Waals surface area contributed by atoms with E-state index in [0.717, 1.165) is 11.1 Å². The third-order valence-electron chi connectivity index (χ3n) is 5.19. The maximum absolute atomic E-state index is 10.1. The number of rotatable bonds is 4. The van der Waals surface area contributed by atoms with Crippen molar-refractivity contribution in [3.8, 4) is 23.0 Å². The fraction of sp³-hybridized carbons (Fsp3) is 0.333. The van der Waals surface area contributed by atoms with E-state index in [2.05, 4.69) is 0 Å². The van der Waals surface area contributed by atoms with Crippen LogP contribution in [0.2, 0.25) is 0 Å². The number of phenolic OH excluding ortho intramolecular Hbond substituents is 2. The van der Waals surface area contributed by atoms with Gasteiger partial charge in [0.2, 0.25) is 6.29 Å². The van der Waals surface area contributed by atoms with Crippen LogP contribution in [0, 0.1) is 0 Å². The van der Waals surface area contributed by atoms with Crippen LogP contribution in [-0.2, 0) is 11.2 Å². The molecule has 9 nitrogen and oxygen atoms in total. The number of ether oxygens (including phenoxy) is 3. The Bertz CT molecular complexity index is 938. The van der Waals surface area contributed by atoms with E-state index in [0.29, 0.717) is 23.5 Å². The van der Waals surface area contributed by atoms with Crippen LogP contribution in [0.15, 0.2) is 42.7 Å². The number of phenols is 2. The largest absolute Gasteiger partial charge is 0.508 e. The van der Waals surface area contributed by atoms with Crippen LogP contribution in [-0.4, -0.2) is 68.0 Å². The zero-order chi connectivity index (χ0) is 21.4. The van der Waals surface area contributed by atoms with Gasteiger partial charge >= 0.3 is 0 Å². The molecule has 5 unspecified atom stereocenters. The molecule has 0 amide bonds. The summed E-state index contributed by atoms with van der Waals surface area (Å²) in [6, 6.07) is 9.43. The van der Waals surface area contributed by atoms with Crippen molar-refractivity contribution in [1.82, 2.24) is 0 Å². The molecule has 30 heavy (non-hydrogen) atoms. The Morgan fingerprint density at radius 3 is 2.40 bits per heavy atom. The second-order valence-corrected chi connectivity index (χ2v) is 7.22. The molecule has 2 heterocycles. The lowest BCUT2D eigenvalue weighted by Gasteiger charge is -2.39. The molecule has 0 aliphatic carbocycles. The van der Waals surface area contributed by atoms with E-state index < -0.39 is 37.3 Å². The normalized spacial score (nSPS) is 28.3. The fourth-order valence-electron chi connectivity index (χ4n) is 3.48. The molecule has 160 valence electrons. The molecule has 0 radical (unpaired) electrons. The molecule has 6 N–H and O–H groups in total. The molecule has 1 fully saturated rings. The van der Waals surface area contributed by atoms with Gasteiger partial charge in [0, 0.05) is 24.1 Å². The number of hydrogen-bond donors (Lipinski definition) is 6. The molecular weight excluding hydrogens is 396 g/mol. The summed E-state index contributed by atoms with van der Waals surface area (Å²) in [7, 11) is 0. The number of aliphatic hydroxyl groups is 4. The van der Waals surface area contributed by atoms with Crippen molar-refractivity contribution in [2.45, 2.75) is 37.1 Å². The first-order chi connectivity index (χ1) is 14.4. The average Bonchev–Trinajstić information content (AvgIpc) is 2.74. The Kier molecular flexibility index (Phi) is 5.54. The minimum atomic E-state index is -1.52. The van der Waals surface area contributed by atoms with Crippen molar-refractivity contribution in [2.75, 3.05) is 6.61 Å². The highest BCUT2D eigenvalue weighted by atomic mass is 16.7. The molecule has 4 rings (SSSR count). The summed E-state index contributed by atoms with van der Waals surface area (Å²) in [5.74, 6) is 0.586. The molecule has 2 aromatic carbocycles. The summed E-state index contributed by atoms with van der Waals surface area (Å²) in [6.45, 7) is -0.538. The number of fused-ring (bicyclic) bond motifs is 1. The van der Waals surface area contributed by atoms with E-state index in [1.54, 1.807) is 24.3 Å². The molecular formula is C21H22O9. The third-order valence-corrected chi connectivity index (χ3v) is 5.19. The number of hydrogen-bond acceptors (Lipinski definition) is 9. The SMILES string of the molecule is OCC1OC(Oc2ccc(C3=COc4cc(O)cc(O)c4C3)cc2)C(O)C(O)C1O. The van der Waals surface area contributed by atoms with Crippen molar-refractivity contribution in [1.29, 1.82) is 0 Å². The van der Waals surface area contributed by atoms with Gasteiger partial charge in [0.15, 0.2) is 0 Å². The Morgan fingerprint density at radius 1 is 0.967 bits per heavy atom. The van der Waals surface area contributed by atoms with Crippen LogP contribution in [0.4, 0.5) is 0 Å². The lowest BCUT2D eigenvalue weighted by molar-refractivity contribution is -0.277. The van der Waals surface area contributed by atoms with Crippen molar-refractivity contribution in [2.24, 2.45) is 0 Å². The van der Waals surface area contributed by atoms with Crippen LogP contribution in [0.1, 0.15) is 11.1 Å². The maximum Gasteiger partial charge on any atom is 0.229 e. The Labute approximate surface area is 171 Å². The quantitative estimate of drug-likeness (QED) is 0.411. The van der Waals surface area contributed by atoms with Crippen molar-refractivity contribution in [3.05, 3.63) is 53.8 Å². The van der Waals surface area contributed by atoms with Gasteiger partial charge in [-0.3, -0.25) is 0 Å². The van der Waals surface area contributed by atoms with Crippen LogP contribution < -0.4 is 9.47 Å². The van der Waals surface area contributed by atoms with Gasteiger partial charge in [-0.15, -0.1) is 0 Å². The van der Waals surface area contributed by atoms with Crippen LogP contribution in [0.3, 0.4) is 0 Å². The second-order valence-electron chi connectivity index (χ2n) is 7.22. The lowest BCUT2D eigenvalue weighted by atomic mass is 9.96. The topological polar surface area (TPSA) is 149 Å². The highest BCUT2D eigenvalue weighted by Gasteiger charge is 2.44. The molecule has 0 bridgehead atoms. The van der Waals surface area contributed by atoms with Gasteiger partial charge < -0.3 is 44.8 Å². The Hall–Kier alpha value is -2.82. The molecule has 9 heteroatoms. The molecule has 5 atom stereocenters. The van der Waals surface area contributed by atoms with Gasteiger partial charge in [0.25, 0.3) is 0 Å². The highest BCUT2D eigenvalue weighted by molar-refractivity contribution is 5.72. The Morgan fingerprint density at radius 2 is 1.70 bits per heavy atom. The van der Waals surface area contributed by atoms with Gasteiger partial charge in [-0.25, -0.2) is 0 Å². The minimum absolute atomic E-state index is 0.0572. The van der Waals surface area contributed by atoms with E-state index in [9.17, 15) is 30.6 Å². The summed E-state index contributed by atoms with van der Waals surface area (Å²) in [6.07, 6.45) is -4.84. The predicted molar refractivity (Wildman–Crippen MR) is 103 cm³/mol. The number of benzene rings is 2. The summed E-state index contributed by atoms with van der Waals surface area (Å²) < 4.78 is 16.4. The summed E-state index contributed by atoms with van der Waals surface area (Å²) in [5.41, 5.74) is 2.16. The van der Waals surface area contributed by atoms with E-state index in [1.165, 1.54) is 18.4 Å². The standard InChI is InChI=1S/C21H22O9/c22-8-17-18(25)19(26)20(27)21(30-17)29-13-3-1-10(2-4-13)11-5-14-15(24)6-12(23)7-16(14)28-9-11/h1-4,6-7,9,17-27H,5,8H2. The molecule has 2 aromatic rings. The van der Waals surface area contributed by atoms with E-state index in [-0.39, 0.29) is 11.5 Å². The maximum atomic E-state index is 10.1. The molecule has 2 aliphatic rings. The number of aliphatic hydroxyl groups excluding tert-OH is 4. The van der Waals surface area contributed by atoms with Crippen LogP contribution in [0.25, 0.3) is 5.57 Å². The van der Waals surface area contributed by atoms with Crippen LogP contribution >= 0.6 is 0 Å². The fourth-order valence-corrected chi connectivity index (χ4v) is 3.48.